The number of carboxylic acids is 1. The molecule has 2 aromatic rings. The van der Waals surface area contributed by atoms with Crippen molar-refractivity contribution in [2.24, 2.45) is 0 Å². The Morgan fingerprint density at radius 2 is 2.00 bits per heavy atom. The van der Waals surface area contributed by atoms with E-state index in [4.69, 9.17) is 0 Å². The van der Waals surface area contributed by atoms with Gasteiger partial charge in [0.25, 0.3) is 0 Å². The Hall–Kier alpha value is -2.10. The van der Waals surface area contributed by atoms with Gasteiger partial charge in [-0.1, -0.05) is 29.8 Å². The van der Waals surface area contributed by atoms with Crippen LogP contribution in [0.4, 0.5) is 0 Å². The van der Waals surface area contributed by atoms with Crippen molar-refractivity contribution >= 4 is 5.97 Å². The molecule has 1 N–H and O–H groups in total. The van der Waals surface area contributed by atoms with Crippen molar-refractivity contribution in [3.63, 3.8) is 0 Å². The topological polar surface area (TPSA) is 55.1 Å². The molecule has 1 aromatic heterocycles. The molecular formula is C15H16N2O2. The third-order valence-electron chi connectivity index (χ3n) is 3.63. The number of nitrogens with zero attached hydrogens (tertiary/aromatic N) is 2. The van der Waals surface area contributed by atoms with Crippen molar-refractivity contribution in [1.29, 1.82) is 0 Å². The minimum Gasteiger partial charge on any atom is -0.475 e. The quantitative estimate of drug-likeness (QED) is 0.898. The van der Waals surface area contributed by atoms with Crippen molar-refractivity contribution in [3.8, 4) is 11.3 Å². The minimum absolute atomic E-state index is 0.172. The second-order valence-corrected chi connectivity index (χ2v) is 5.01. The number of imidazole rings is 1. The van der Waals surface area contributed by atoms with Gasteiger partial charge in [-0.15, -0.1) is 0 Å². The molecule has 98 valence electrons. The Morgan fingerprint density at radius 3 is 2.68 bits per heavy atom. The average molecular weight is 256 g/mol. The van der Waals surface area contributed by atoms with Gasteiger partial charge >= 0.3 is 5.97 Å². The summed E-state index contributed by atoms with van der Waals surface area (Å²) in [4.78, 5) is 15.6. The lowest BCUT2D eigenvalue weighted by molar-refractivity contribution is 0.0677. The molecule has 3 rings (SSSR count). The van der Waals surface area contributed by atoms with E-state index in [-0.39, 0.29) is 5.82 Å². The van der Waals surface area contributed by atoms with Crippen LogP contribution in [0.2, 0.25) is 0 Å². The number of aromatic carboxylic acids is 1. The van der Waals surface area contributed by atoms with Crippen LogP contribution in [0, 0.1) is 6.92 Å². The van der Waals surface area contributed by atoms with Crippen molar-refractivity contribution in [2.75, 3.05) is 0 Å². The fourth-order valence-electron chi connectivity index (χ4n) is 2.65. The van der Waals surface area contributed by atoms with Crippen LogP contribution in [0.15, 0.2) is 24.3 Å². The molecule has 0 saturated heterocycles. The maximum atomic E-state index is 11.3. The summed E-state index contributed by atoms with van der Waals surface area (Å²) in [5.41, 5.74) is 4.09. The van der Waals surface area contributed by atoms with Crippen molar-refractivity contribution in [2.45, 2.75) is 32.7 Å². The summed E-state index contributed by atoms with van der Waals surface area (Å²) in [5.74, 6) is -0.771. The van der Waals surface area contributed by atoms with E-state index in [9.17, 15) is 9.90 Å². The van der Waals surface area contributed by atoms with Crippen LogP contribution in [0.3, 0.4) is 0 Å². The lowest BCUT2D eigenvalue weighted by Crippen LogP contribution is -2.16. The first-order chi connectivity index (χ1) is 9.16. The summed E-state index contributed by atoms with van der Waals surface area (Å²) in [6.07, 6.45) is 3.03. The number of aromatic nitrogens is 2. The number of benzene rings is 1. The zero-order valence-corrected chi connectivity index (χ0v) is 10.9. The number of aryl methyl sites for hydroxylation is 1. The summed E-state index contributed by atoms with van der Waals surface area (Å²) in [6.45, 7) is 2.80. The van der Waals surface area contributed by atoms with E-state index in [0.717, 1.165) is 42.8 Å². The fraction of sp³-hybridized carbons (Fsp3) is 0.333. The van der Waals surface area contributed by atoms with Crippen LogP contribution in [-0.2, 0) is 13.0 Å². The van der Waals surface area contributed by atoms with Crippen molar-refractivity contribution < 1.29 is 9.90 Å². The smallest absolute Gasteiger partial charge is 0.372 e. The average Bonchev–Trinajstić information content (AvgIpc) is 2.79. The first-order valence-corrected chi connectivity index (χ1v) is 6.56. The van der Waals surface area contributed by atoms with Gasteiger partial charge in [0.15, 0.2) is 0 Å². The Bertz CT molecular complexity index is 626. The van der Waals surface area contributed by atoms with Gasteiger partial charge in [0, 0.05) is 17.8 Å². The molecular weight excluding hydrogens is 240 g/mol. The monoisotopic (exact) mass is 256 g/mol. The molecule has 1 aliphatic rings. The molecule has 0 spiro atoms. The Kier molecular flexibility index (Phi) is 2.85. The molecule has 0 unspecified atom stereocenters. The number of carboxylic acid groups (broad SMARTS) is 1. The molecule has 0 aliphatic carbocycles. The Morgan fingerprint density at radius 1 is 1.26 bits per heavy atom. The van der Waals surface area contributed by atoms with Gasteiger partial charge < -0.3 is 9.67 Å². The van der Waals surface area contributed by atoms with E-state index >= 15 is 0 Å². The van der Waals surface area contributed by atoms with Gasteiger partial charge in [0.2, 0.25) is 5.82 Å². The number of rotatable bonds is 2. The summed E-state index contributed by atoms with van der Waals surface area (Å²) in [5, 5.41) is 9.26. The number of hydrogen-bond acceptors (Lipinski definition) is 2. The van der Waals surface area contributed by atoms with Crippen LogP contribution in [0.1, 0.15) is 34.7 Å². The maximum Gasteiger partial charge on any atom is 0.372 e. The highest BCUT2D eigenvalue weighted by molar-refractivity contribution is 5.85. The lowest BCUT2D eigenvalue weighted by Gasteiger charge is -2.16. The zero-order valence-electron chi connectivity index (χ0n) is 10.9. The summed E-state index contributed by atoms with van der Waals surface area (Å²) >= 11 is 0. The molecule has 1 aliphatic heterocycles. The highest BCUT2D eigenvalue weighted by Crippen LogP contribution is 2.29. The fourth-order valence-corrected chi connectivity index (χ4v) is 2.65. The normalized spacial score (nSPS) is 14.2. The SMILES string of the molecule is Cc1ccc(-c2nc(C(=O)O)n3c2CCCC3)cc1. The molecule has 2 heterocycles. The van der Waals surface area contributed by atoms with Crippen LogP contribution in [0.25, 0.3) is 11.3 Å². The summed E-state index contributed by atoms with van der Waals surface area (Å²) in [7, 11) is 0. The minimum atomic E-state index is -0.943. The van der Waals surface area contributed by atoms with Crippen LogP contribution in [-0.4, -0.2) is 20.6 Å². The lowest BCUT2D eigenvalue weighted by atomic mass is 10.0. The van der Waals surface area contributed by atoms with E-state index in [2.05, 4.69) is 4.98 Å². The number of hydrogen-bond donors (Lipinski definition) is 1. The molecule has 0 radical (unpaired) electrons. The predicted molar refractivity (Wildman–Crippen MR) is 72.3 cm³/mol. The van der Waals surface area contributed by atoms with Gasteiger partial charge in [-0.3, -0.25) is 0 Å². The van der Waals surface area contributed by atoms with Gasteiger partial charge in [0.1, 0.15) is 0 Å². The molecule has 19 heavy (non-hydrogen) atoms. The summed E-state index contributed by atoms with van der Waals surface area (Å²) in [6, 6.07) is 8.09. The Labute approximate surface area is 111 Å². The highest BCUT2D eigenvalue weighted by Gasteiger charge is 2.24. The van der Waals surface area contributed by atoms with Crippen LogP contribution in [0.5, 0.6) is 0 Å². The van der Waals surface area contributed by atoms with Gasteiger partial charge in [-0.2, -0.15) is 0 Å². The molecule has 4 nitrogen and oxygen atoms in total. The van der Waals surface area contributed by atoms with Gasteiger partial charge in [-0.25, -0.2) is 9.78 Å². The Balaban J connectivity index is 2.16. The van der Waals surface area contributed by atoms with Crippen LogP contribution >= 0.6 is 0 Å². The van der Waals surface area contributed by atoms with E-state index in [1.54, 1.807) is 0 Å². The molecule has 0 saturated carbocycles. The third-order valence-corrected chi connectivity index (χ3v) is 3.63. The van der Waals surface area contributed by atoms with Gasteiger partial charge in [-0.05, 0) is 26.2 Å². The first-order valence-electron chi connectivity index (χ1n) is 6.56. The second-order valence-electron chi connectivity index (χ2n) is 5.01. The molecule has 0 bridgehead atoms. The molecule has 1 aromatic carbocycles. The number of carbonyl (C=O) groups is 1. The standard InChI is InChI=1S/C15H16N2O2/c1-10-5-7-11(8-6-10)13-12-4-2-3-9-17(12)14(16-13)15(18)19/h5-8H,2-4,9H2,1H3,(H,18,19). The van der Waals surface area contributed by atoms with Crippen LogP contribution < -0.4 is 0 Å². The summed E-state index contributed by atoms with van der Waals surface area (Å²) < 4.78 is 1.86. The van der Waals surface area contributed by atoms with E-state index in [1.165, 1.54) is 5.56 Å². The molecule has 0 amide bonds. The predicted octanol–water partition coefficient (Wildman–Crippen LogP) is 2.89. The molecule has 0 atom stereocenters. The van der Waals surface area contributed by atoms with E-state index < -0.39 is 5.97 Å². The van der Waals surface area contributed by atoms with Crippen molar-refractivity contribution in [1.82, 2.24) is 9.55 Å². The third kappa shape index (κ3) is 2.03. The second kappa shape index (κ2) is 4.53. The first kappa shape index (κ1) is 12.0. The van der Waals surface area contributed by atoms with Crippen molar-refractivity contribution in [3.05, 3.63) is 41.3 Å². The number of fused-ring (bicyclic) bond motifs is 1. The van der Waals surface area contributed by atoms with Gasteiger partial charge in [0.05, 0.1) is 5.69 Å². The highest BCUT2D eigenvalue weighted by atomic mass is 16.4. The largest absolute Gasteiger partial charge is 0.475 e. The van der Waals surface area contributed by atoms with E-state index in [1.807, 2.05) is 35.8 Å². The molecule has 4 heteroatoms. The molecule has 0 fully saturated rings. The zero-order chi connectivity index (χ0) is 13.4. The maximum absolute atomic E-state index is 11.3. The van der Waals surface area contributed by atoms with E-state index in [0.29, 0.717) is 0 Å².